The molecule has 0 aliphatic heterocycles. The number of hydrogen-bond donors (Lipinski definition) is 0. The number of ether oxygens (including phenoxy) is 2. The SMILES string of the molecule is CCOC(=O)c1cnc(C(C)(C)OC)nc1C1CC1. The largest absolute Gasteiger partial charge is 0.462 e. The molecule has 1 aliphatic rings. The number of aromatic nitrogens is 2. The molecule has 1 heterocycles. The summed E-state index contributed by atoms with van der Waals surface area (Å²) in [4.78, 5) is 20.7. The number of nitrogens with zero attached hydrogens (tertiary/aromatic N) is 2. The first-order chi connectivity index (χ1) is 8.99. The van der Waals surface area contributed by atoms with Gasteiger partial charge in [-0.15, -0.1) is 0 Å². The van der Waals surface area contributed by atoms with Crippen LogP contribution in [0, 0.1) is 0 Å². The summed E-state index contributed by atoms with van der Waals surface area (Å²) in [6.45, 7) is 5.96. The minimum absolute atomic E-state index is 0.342. The highest BCUT2D eigenvalue weighted by atomic mass is 16.5. The average molecular weight is 264 g/mol. The van der Waals surface area contributed by atoms with Gasteiger partial charge < -0.3 is 9.47 Å². The Hall–Kier alpha value is -1.49. The number of carbonyl (C=O) groups excluding carboxylic acids is 1. The van der Waals surface area contributed by atoms with Crippen molar-refractivity contribution in [3.63, 3.8) is 0 Å². The second-order valence-electron chi connectivity index (χ2n) is 5.20. The Morgan fingerprint density at radius 3 is 2.68 bits per heavy atom. The van der Waals surface area contributed by atoms with E-state index in [4.69, 9.17) is 9.47 Å². The summed E-state index contributed by atoms with van der Waals surface area (Å²) in [5, 5.41) is 0. The summed E-state index contributed by atoms with van der Waals surface area (Å²) >= 11 is 0. The predicted molar refractivity (Wildman–Crippen MR) is 70.0 cm³/mol. The molecule has 0 amide bonds. The molecule has 104 valence electrons. The van der Waals surface area contributed by atoms with E-state index in [0.29, 0.717) is 23.9 Å². The average Bonchev–Trinajstić information content (AvgIpc) is 3.22. The predicted octanol–water partition coefficient (Wildman–Crippen LogP) is 2.41. The Bertz CT molecular complexity index is 482. The summed E-state index contributed by atoms with van der Waals surface area (Å²) in [5.74, 6) is 0.616. The summed E-state index contributed by atoms with van der Waals surface area (Å²) < 4.78 is 10.4. The minimum Gasteiger partial charge on any atom is -0.462 e. The first-order valence-corrected chi connectivity index (χ1v) is 6.59. The van der Waals surface area contributed by atoms with Gasteiger partial charge in [0.05, 0.1) is 17.9 Å². The number of carbonyl (C=O) groups is 1. The zero-order valence-corrected chi connectivity index (χ0v) is 11.9. The summed E-state index contributed by atoms with van der Waals surface area (Å²) in [5.41, 5.74) is 0.727. The lowest BCUT2D eigenvalue weighted by atomic mass is 10.1. The van der Waals surface area contributed by atoms with Crippen molar-refractivity contribution in [1.29, 1.82) is 0 Å². The van der Waals surface area contributed by atoms with E-state index in [-0.39, 0.29) is 5.97 Å². The molecule has 0 N–H and O–H groups in total. The smallest absolute Gasteiger partial charge is 0.341 e. The van der Waals surface area contributed by atoms with Gasteiger partial charge in [0.2, 0.25) is 0 Å². The van der Waals surface area contributed by atoms with Gasteiger partial charge in [-0.2, -0.15) is 0 Å². The third-order valence-corrected chi connectivity index (χ3v) is 3.33. The van der Waals surface area contributed by atoms with Crippen LogP contribution in [-0.2, 0) is 15.1 Å². The lowest BCUT2D eigenvalue weighted by Crippen LogP contribution is -2.24. The third-order valence-electron chi connectivity index (χ3n) is 3.33. The highest BCUT2D eigenvalue weighted by Crippen LogP contribution is 2.41. The molecule has 0 saturated heterocycles. The number of methoxy groups -OCH3 is 1. The molecule has 1 fully saturated rings. The van der Waals surface area contributed by atoms with Gasteiger partial charge in [-0.25, -0.2) is 14.8 Å². The van der Waals surface area contributed by atoms with Crippen molar-refractivity contribution in [2.45, 2.75) is 45.1 Å². The molecule has 0 spiro atoms. The van der Waals surface area contributed by atoms with E-state index in [0.717, 1.165) is 18.5 Å². The zero-order chi connectivity index (χ0) is 14.0. The normalized spacial score (nSPS) is 15.4. The van der Waals surface area contributed by atoms with Gasteiger partial charge in [-0.3, -0.25) is 0 Å². The minimum atomic E-state index is -0.559. The Balaban J connectivity index is 2.38. The van der Waals surface area contributed by atoms with Gasteiger partial charge in [-0.1, -0.05) is 0 Å². The molecule has 1 aromatic heterocycles. The van der Waals surface area contributed by atoms with Crippen LogP contribution in [0.25, 0.3) is 0 Å². The second-order valence-corrected chi connectivity index (χ2v) is 5.20. The fourth-order valence-electron chi connectivity index (χ4n) is 1.81. The molecule has 2 rings (SSSR count). The summed E-state index contributed by atoms with van der Waals surface area (Å²) in [7, 11) is 1.62. The van der Waals surface area contributed by atoms with Gasteiger partial charge in [0, 0.05) is 19.2 Å². The Morgan fingerprint density at radius 1 is 1.47 bits per heavy atom. The number of hydrogen-bond acceptors (Lipinski definition) is 5. The number of esters is 1. The number of rotatable bonds is 5. The van der Waals surface area contributed by atoms with Crippen LogP contribution in [0.3, 0.4) is 0 Å². The summed E-state index contributed by atoms with van der Waals surface area (Å²) in [6.07, 6.45) is 3.70. The molecule has 0 bridgehead atoms. The molecule has 5 nitrogen and oxygen atoms in total. The fraction of sp³-hybridized carbons (Fsp3) is 0.643. The van der Waals surface area contributed by atoms with Crippen molar-refractivity contribution < 1.29 is 14.3 Å². The molecule has 1 aliphatic carbocycles. The topological polar surface area (TPSA) is 61.3 Å². The van der Waals surface area contributed by atoms with Gasteiger partial charge >= 0.3 is 5.97 Å². The van der Waals surface area contributed by atoms with E-state index in [1.165, 1.54) is 0 Å². The fourth-order valence-corrected chi connectivity index (χ4v) is 1.81. The zero-order valence-electron chi connectivity index (χ0n) is 11.9. The van der Waals surface area contributed by atoms with E-state index >= 15 is 0 Å². The first kappa shape index (κ1) is 13.9. The molecule has 1 aromatic rings. The first-order valence-electron chi connectivity index (χ1n) is 6.59. The molecule has 0 unspecified atom stereocenters. The van der Waals surface area contributed by atoms with E-state index in [1.807, 2.05) is 13.8 Å². The highest BCUT2D eigenvalue weighted by molar-refractivity contribution is 5.90. The molecule has 19 heavy (non-hydrogen) atoms. The van der Waals surface area contributed by atoms with Crippen LogP contribution in [-0.4, -0.2) is 29.7 Å². The standard InChI is InChI=1S/C14H20N2O3/c1-5-19-12(17)10-8-15-13(14(2,3)18-4)16-11(10)9-6-7-9/h8-9H,5-7H2,1-4H3. The maximum Gasteiger partial charge on any atom is 0.341 e. The van der Waals surface area contributed by atoms with Crippen LogP contribution in [0.15, 0.2) is 6.20 Å². The van der Waals surface area contributed by atoms with E-state index < -0.39 is 5.60 Å². The van der Waals surface area contributed by atoms with Crippen molar-refractivity contribution in [3.8, 4) is 0 Å². The monoisotopic (exact) mass is 264 g/mol. The van der Waals surface area contributed by atoms with Crippen molar-refractivity contribution in [1.82, 2.24) is 9.97 Å². The molecule has 0 aromatic carbocycles. The third kappa shape index (κ3) is 2.92. The molecule has 0 radical (unpaired) electrons. The Labute approximate surface area is 113 Å². The highest BCUT2D eigenvalue weighted by Gasteiger charge is 2.33. The quantitative estimate of drug-likeness (QED) is 0.764. The Kier molecular flexibility index (Phi) is 3.85. The van der Waals surface area contributed by atoms with Crippen LogP contribution in [0.5, 0.6) is 0 Å². The van der Waals surface area contributed by atoms with Crippen molar-refractivity contribution in [2.24, 2.45) is 0 Å². The van der Waals surface area contributed by atoms with Crippen molar-refractivity contribution in [2.75, 3.05) is 13.7 Å². The van der Waals surface area contributed by atoms with Crippen LogP contribution in [0.1, 0.15) is 61.4 Å². The van der Waals surface area contributed by atoms with Crippen LogP contribution >= 0.6 is 0 Å². The lowest BCUT2D eigenvalue weighted by Gasteiger charge is -2.22. The van der Waals surface area contributed by atoms with Crippen molar-refractivity contribution in [3.05, 3.63) is 23.3 Å². The van der Waals surface area contributed by atoms with E-state index in [9.17, 15) is 4.79 Å². The second kappa shape index (κ2) is 5.25. The lowest BCUT2D eigenvalue weighted by molar-refractivity contribution is 0.0111. The van der Waals surface area contributed by atoms with Crippen LogP contribution in [0.2, 0.25) is 0 Å². The van der Waals surface area contributed by atoms with Gasteiger partial charge in [0.15, 0.2) is 5.82 Å². The molecule has 5 heteroatoms. The van der Waals surface area contributed by atoms with E-state index in [1.54, 1.807) is 20.2 Å². The van der Waals surface area contributed by atoms with Gasteiger partial charge in [0.1, 0.15) is 5.60 Å². The Morgan fingerprint density at radius 2 is 2.16 bits per heavy atom. The van der Waals surface area contributed by atoms with E-state index in [2.05, 4.69) is 9.97 Å². The maximum absolute atomic E-state index is 11.9. The molecular weight excluding hydrogens is 244 g/mol. The van der Waals surface area contributed by atoms with Crippen LogP contribution in [0.4, 0.5) is 0 Å². The summed E-state index contributed by atoms with van der Waals surface area (Å²) in [6, 6.07) is 0. The van der Waals surface area contributed by atoms with Gasteiger partial charge in [0.25, 0.3) is 0 Å². The van der Waals surface area contributed by atoms with Gasteiger partial charge in [-0.05, 0) is 33.6 Å². The molecular formula is C14H20N2O3. The van der Waals surface area contributed by atoms with Crippen LogP contribution < -0.4 is 0 Å². The molecule has 1 saturated carbocycles. The maximum atomic E-state index is 11.9. The van der Waals surface area contributed by atoms with Crippen molar-refractivity contribution >= 4 is 5.97 Å². The molecule has 0 atom stereocenters.